The van der Waals surface area contributed by atoms with Gasteiger partial charge in [-0.1, -0.05) is 41.4 Å². The number of halogens is 2. The number of fused-ring (bicyclic) bond motifs is 1. The van der Waals surface area contributed by atoms with Crippen LogP contribution in [-0.4, -0.2) is 30.1 Å². The molecule has 0 unspecified atom stereocenters. The third-order valence-electron chi connectivity index (χ3n) is 3.16. The number of hydrogen-bond donors (Lipinski definition) is 0. The highest BCUT2D eigenvalue weighted by molar-refractivity contribution is 6.43. The summed E-state index contributed by atoms with van der Waals surface area (Å²) in [5.74, 6) is -2.78. The van der Waals surface area contributed by atoms with Crippen molar-refractivity contribution in [3.05, 3.63) is 40.0 Å². The zero-order valence-electron chi connectivity index (χ0n) is 12.6. The van der Waals surface area contributed by atoms with Crippen molar-refractivity contribution in [1.82, 2.24) is 4.98 Å². The van der Waals surface area contributed by atoms with Gasteiger partial charge in [0.1, 0.15) is 5.15 Å². The number of carbonyl (C=O) groups is 2. The molecule has 0 bridgehead atoms. The molecule has 0 fully saturated rings. The summed E-state index contributed by atoms with van der Waals surface area (Å²) in [6, 6.07) is 6.96. The summed E-state index contributed by atoms with van der Waals surface area (Å²) in [5, 5.41) is 0.600. The van der Waals surface area contributed by atoms with Crippen LogP contribution >= 0.6 is 23.2 Å². The molecular weight excluding hydrogens is 341 g/mol. The molecule has 2 aromatic rings. The Kier molecular flexibility index (Phi) is 5.80. The zero-order valence-corrected chi connectivity index (χ0v) is 14.1. The largest absolute Gasteiger partial charge is 0.465 e. The average Bonchev–Trinajstić information content (AvgIpc) is 2.52. The van der Waals surface area contributed by atoms with Crippen molar-refractivity contribution < 1.29 is 19.1 Å². The van der Waals surface area contributed by atoms with Crippen LogP contribution in [-0.2, 0) is 19.1 Å². The molecule has 5 nitrogen and oxygen atoms in total. The standard InChI is InChI=1S/C16H15Cl2NO4/c1-3-22-15(20)12(16(21)23-4-2)11-9-7-5-6-8-10(9)19-14(18)13(11)17/h5-8,12H,3-4H2,1-2H3. The second-order valence-corrected chi connectivity index (χ2v) is 5.32. The van der Waals surface area contributed by atoms with Crippen LogP contribution in [0.15, 0.2) is 24.3 Å². The normalized spacial score (nSPS) is 10.8. The molecule has 0 aliphatic carbocycles. The predicted molar refractivity (Wildman–Crippen MR) is 87.8 cm³/mol. The predicted octanol–water partition coefficient (Wildman–Crippen LogP) is 3.75. The zero-order chi connectivity index (χ0) is 17.0. The summed E-state index contributed by atoms with van der Waals surface area (Å²) in [6.07, 6.45) is 0. The van der Waals surface area contributed by atoms with Crippen LogP contribution in [0.5, 0.6) is 0 Å². The molecule has 0 spiro atoms. The molecule has 1 aromatic carbocycles. The number of ether oxygens (including phenoxy) is 2. The van der Waals surface area contributed by atoms with Gasteiger partial charge in [-0.2, -0.15) is 0 Å². The molecule has 122 valence electrons. The number of esters is 2. The molecule has 0 saturated heterocycles. The van der Waals surface area contributed by atoms with E-state index in [1.165, 1.54) is 0 Å². The van der Waals surface area contributed by atoms with E-state index < -0.39 is 17.9 Å². The van der Waals surface area contributed by atoms with E-state index in [1.54, 1.807) is 38.1 Å². The fraction of sp³-hybridized carbons (Fsp3) is 0.312. The summed E-state index contributed by atoms with van der Waals surface area (Å²) in [4.78, 5) is 28.8. The average molecular weight is 356 g/mol. The van der Waals surface area contributed by atoms with Gasteiger partial charge in [0.25, 0.3) is 0 Å². The lowest BCUT2D eigenvalue weighted by Crippen LogP contribution is -2.27. The van der Waals surface area contributed by atoms with E-state index in [-0.39, 0.29) is 29.0 Å². The molecular formula is C16H15Cl2NO4. The Labute approximate surface area is 143 Å². The molecule has 0 aliphatic heterocycles. The summed E-state index contributed by atoms with van der Waals surface area (Å²) < 4.78 is 10.0. The Morgan fingerprint density at radius 3 is 2.22 bits per heavy atom. The first kappa shape index (κ1) is 17.5. The fourth-order valence-corrected chi connectivity index (χ4v) is 2.69. The molecule has 0 saturated carbocycles. The molecule has 1 heterocycles. The van der Waals surface area contributed by atoms with E-state index in [4.69, 9.17) is 32.7 Å². The first-order valence-electron chi connectivity index (χ1n) is 7.08. The van der Waals surface area contributed by atoms with Crippen LogP contribution < -0.4 is 0 Å². The highest BCUT2D eigenvalue weighted by Crippen LogP contribution is 2.37. The summed E-state index contributed by atoms with van der Waals surface area (Å²) >= 11 is 12.3. The highest BCUT2D eigenvalue weighted by Gasteiger charge is 2.35. The minimum Gasteiger partial charge on any atom is -0.465 e. The number of para-hydroxylation sites is 1. The third-order valence-corrected chi connectivity index (χ3v) is 3.92. The van der Waals surface area contributed by atoms with E-state index in [0.29, 0.717) is 10.9 Å². The minimum absolute atomic E-state index is 0.0129. The van der Waals surface area contributed by atoms with E-state index in [2.05, 4.69) is 4.98 Å². The summed E-state index contributed by atoms with van der Waals surface area (Å²) in [7, 11) is 0. The number of nitrogens with zero attached hydrogens (tertiary/aromatic N) is 1. The fourth-order valence-electron chi connectivity index (χ4n) is 2.25. The quantitative estimate of drug-likeness (QED) is 0.464. The third kappa shape index (κ3) is 3.57. The Hall–Kier alpha value is -1.85. The minimum atomic E-state index is -1.31. The van der Waals surface area contributed by atoms with Gasteiger partial charge in [0.15, 0.2) is 5.92 Å². The molecule has 0 atom stereocenters. The maximum Gasteiger partial charge on any atom is 0.324 e. The van der Waals surface area contributed by atoms with Crippen LogP contribution in [0.2, 0.25) is 10.2 Å². The van der Waals surface area contributed by atoms with Crippen LogP contribution in [0.4, 0.5) is 0 Å². The maximum absolute atomic E-state index is 12.3. The Morgan fingerprint density at radius 2 is 1.65 bits per heavy atom. The molecule has 0 aliphatic rings. The molecule has 0 radical (unpaired) electrons. The molecule has 23 heavy (non-hydrogen) atoms. The first-order chi connectivity index (χ1) is 11.0. The Bertz CT molecular complexity index is 730. The van der Waals surface area contributed by atoms with Gasteiger partial charge < -0.3 is 9.47 Å². The Balaban J connectivity index is 2.71. The lowest BCUT2D eigenvalue weighted by atomic mass is 9.95. The Morgan fingerprint density at radius 1 is 1.09 bits per heavy atom. The molecule has 1 aromatic heterocycles. The second kappa shape index (κ2) is 7.62. The van der Waals surface area contributed by atoms with Gasteiger partial charge in [0.2, 0.25) is 0 Å². The lowest BCUT2D eigenvalue weighted by Gasteiger charge is -2.18. The van der Waals surface area contributed by atoms with Crippen LogP contribution in [0, 0.1) is 0 Å². The van der Waals surface area contributed by atoms with Gasteiger partial charge in [-0.25, -0.2) is 4.98 Å². The van der Waals surface area contributed by atoms with Gasteiger partial charge >= 0.3 is 11.9 Å². The van der Waals surface area contributed by atoms with Crippen molar-refractivity contribution in [1.29, 1.82) is 0 Å². The second-order valence-electron chi connectivity index (χ2n) is 4.58. The summed E-state index contributed by atoms with van der Waals surface area (Å²) in [6.45, 7) is 3.56. The monoisotopic (exact) mass is 355 g/mol. The van der Waals surface area contributed by atoms with E-state index in [9.17, 15) is 9.59 Å². The van der Waals surface area contributed by atoms with Crippen LogP contribution in [0.3, 0.4) is 0 Å². The van der Waals surface area contributed by atoms with Gasteiger partial charge in [-0.15, -0.1) is 0 Å². The van der Waals surface area contributed by atoms with E-state index in [1.807, 2.05) is 0 Å². The number of pyridine rings is 1. The van der Waals surface area contributed by atoms with Gasteiger partial charge in [-0.3, -0.25) is 9.59 Å². The van der Waals surface area contributed by atoms with Crippen LogP contribution in [0.25, 0.3) is 10.9 Å². The lowest BCUT2D eigenvalue weighted by molar-refractivity contribution is -0.156. The number of carbonyl (C=O) groups excluding carboxylic acids is 2. The topological polar surface area (TPSA) is 65.5 Å². The first-order valence-corrected chi connectivity index (χ1v) is 7.83. The summed E-state index contributed by atoms with van der Waals surface area (Å²) in [5.41, 5.74) is 0.773. The van der Waals surface area contributed by atoms with Crippen LogP contribution in [0.1, 0.15) is 25.3 Å². The van der Waals surface area contributed by atoms with Crippen molar-refractivity contribution in [2.45, 2.75) is 19.8 Å². The molecule has 2 rings (SSSR count). The van der Waals surface area contributed by atoms with Crippen molar-refractivity contribution in [3.8, 4) is 0 Å². The number of rotatable bonds is 5. The number of benzene rings is 1. The van der Waals surface area contributed by atoms with Crippen molar-refractivity contribution >= 4 is 46.0 Å². The molecule has 0 amide bonds. The number of aromatic nitrogens is 1. The van der Waals surface area contributed by atoms with Crippen molar-refractivity contribution in [2.24, 2.45) is 0 Å². The van der Waals surface area contributed by atoms with Gasteiger partial charge in [0, 0.05) is 10.9 Å². The SMILES string of the molecule is CCOC(=O)C(C(=O)OCC)c1c(Cl)c(Cl)nc2ccccc12. The van der Waals surface area contributed by atoms with E-state index in [0.717, 1.165) is 0 Å². The smallest absolute Gasteiger partial charge is 0.324 e. The molecule has 0 N–H and O–H groups in total. The van der Waals surface area contributed by atoms with Crippen molar-refractivity contribution in [3.63, 3.8) is 0 Å². The maximum atomic E-state index is 12.3. The van der Waals surface area contributed by atoms with Crippen molar-refractivity contribution in [2.75, 3.05) is 13.2 Å². The van der Waals surface area contributed by atoms with Gasteiger partial charge in [-0.05, 0) is 19.9 Å². The molecule has 7 heteroatoms. The van der Waals surface area contributed by atoms with Gasteiger partial charge in [0.05, 0.1) is 23.8 Å². The number of hydrogen-bond acceptors (Lipinski definition) is 5. The highest BCUT2D eigenvalue weighted by atomic mass is 35.5. The van der Waals surface area contributed by atoms with E-state index >= 15 is 0 Å².